The minimum Gasteiger partial charge on any atom is -0.514 e. The fourth-order valence-corrected chi connectivity index (χ4v) is 0.654. The first-order valence-electron chi connectivity index (χ1n) is 3.73. The second kappa shape index (κ2) is 11.3. The van der Waals surface area contributed by atoms with E-state index in [0.29, 0.717) is 0 Å². The van der Waals surface area contributed by atoms with Gasteiger partial charge in [0.2, 0.25) is 0 Å². The third-order valence-electron chi connectivity index (χ3n) is 1.06. The van der Waals surface area contributed by atoms with Gasteiger partial charge in [-0.25, -0.2) is 6.42 Å². The van der Waals surface area contributed by atoms with Gasteiger partial charge in [0.15, 0.2) is 11.9 Å². The van der Waals surface area contributed by atoms with Gasteiger partial charge >= 0.3 is 0 Å². The SMILES string of the molecule is CC(O)[CH-]C(=O)OC(C)[CH-]C(=O)O.[Y].[Y]. The van der Waals surface area contributed by atoms with E-state index in [2.05, 4.69) is 4.74 Å². The number of carbonyl (C=O) groups is 2. The van der Waals surface area contributed by atoms with Crippen molar-refractivity contribution in [3.05, 3.63) is 12.8 Å². The largest absolute Gasteiger partial charge is 0.514 e. The summed E-state index contributed by atoms with van der Waals surface area (Å²) in [6.45, 7) is 2.81. The van der Waals surface area contributed by atoms with Crippen LogP contribution in [0.3, 0.4) is 0 Å². The Balaban J connectivity index is -0.000000720. The van der Waals surface area contributed by atoms with E-state index in [1.807, 2.05) is 0 Å². The molecule has 2 atom stereocenters. The molecule has 2 N–H and O–H groups in total. The zero-order valence-electron chi connectivity index (χ0n) is 8.58. The third-order valence-corrected chi connectivity index (χ3v) is 1.06. The van der Waals surface area contributed by atoms with Gasteiger partial charge in [0.25, 0.3) is 0 Å². The predicted octanol–water partition coefficient (Wildman–Crippen LogP) is -0.213. The van der Waals surface area contributed by atoms with Gasteiger partial charge in [-0.1, -0.05) is 13.8 Å². The number of hydrogen-bond acceptors (Lipinski definition) is 4. The van der Waals surface area contributed by atoms with E-state index in [0.717, 1.165) is 12.8 Å². The number of hydrogen-bond donors (Lipinski definition) is 2. The molecule has 0 fully saturated rings. The number of ether oxygens (including phenoxy) is 1. The van der Waals surface area contributed by atoms with Crippen LogP contribution >= 0.6 is 0 Å². The molecular weight excluding hydrogens is 354 g/mol. The molecule has 0 amide bonds. The third kappa shape index (κ3) is 14.8. The van der Waals surface area contributed by atoms with Crippen molar-refractivity contribution < 1.29 is 90.0 Å². The van der Waals surface area contributed by atoms with Crippen molar-refractivity contribution in [3.8, 4) is 0 Å². The first-order valence-corrected chi connectivity index (χ1v) is 3.73. The molecule has 5 nitrogen and oxygen atoms in total. The Bertz CT molecular complexity index is 195. The molecule has 7 heteroatoms. The molecule has 0 aromatic heterocycles. The van der Waals surface area contributed by atoms with Gasteiger partial charge in [-0.2, -0.15) is 0 Å². The maximum atomic E-state index is 10.8. The van der Waals surface area contributed by atoms with Crippen LogP contribution in [0.5, 0.6) is 0 Å². The second-order valence-corrected chi connectivity index (χ2v) is 2.55. The summed E-state index contributed by atoms with van der Waals surface area (Å²) in [4.78, 5) is 20.9. The van der Waals surface area contributed by atoms with Crippen LogP contribution in [0.15, 0.2) is 0 Å². The van der Waals surface area contributed by atoms with Gasteiger partial charge in [-0.05, 0) is 12.2 Å². The average molecular weight is 366 g/mol. The maximum absolute atomic E-state index is 10.8. The number of aliphatic carboxylic acids is 1. The Kier molecular flexibility index (Phi) is 16.0. The molecule has 0 saturated heterocycles. The van der Waals surface area contributed by atoms with E-state index in [4.69, 9.17) is 10.2 Å². The minimum atomic E-state index is -1.16. The van der Waals surface area contributed by atoms with E-state index < -0.39 is 24.1 Å². The molecule has 0 saturated carbocycles. The molecule has 0 aromatic rings. The Morgan fingerprint density at radius 2 is 1.67 bits per heavy atom. The van der Waals surface area contributed by atoms with Crippen LogP contribution in [0, 0.1) is 12.8 Å². The first-order chi connectivity index (χ1) is 5.91. The van der Waals surface area contributed by atoms with Crippen molar-refractivity contribution in [1.82, 2.24) is 0 Å². The van der Waals surface area contributed by atoms with Gasteiger partial charge in [-0.15, -0.1) is 0 Å². The molecule has 0 aliphatic carbocycles. The molecule has 15 heavy (non-hydrogen) atoms. The Hall–Kier alpha value is 0.848. The summed E-state index contributed by atoms with van der Waals surface area (Å²) in [7, 11) is 0. The van der Waals surface area contributed by atoms with E-state index in [-0.39, 0.29) is 65.4 Å². The number of esters is 1. The molecule has 0 rings (SSSR count). The van der Waals surface area contributed by atoms with Crippen molar-refractivity contribution in [2.24, 2.45) is 0 Å². The van der Waals surface area contributed by atoms with E-state index in [1.165, 1.54) is 13.8 Å². The Labute approximate surface area is 139 Å². The van der Waals surface area contributed by atoms with Crippen molar-refractivity contribution in [3.63, 3.8) is 0 Å². The fraction of sp³-hybridized carbons (Fsp3) is 0.500. The average Bonchev–Trinajstić information content (AvgIpc) is 1.80. The maximum Gasteiger partial charge on any atom is 0.167 e. The van der Waals surface area contributed by atoms with Gasteiger partial charge in [0.1, 0.15) is 0 Å². The van der Waals surface area contributed by atoms with Crippen LogP contribution in [0.4, 0.5) is 0 Å². The molecule has 0 aromatic carbocycles. The van der Waals surface area contributed by atoms with Crippen LogP contribution < -0.4 is 0 Å². The van der Waals surface area contributed by atoms with Gasteiger partial charge < -0.3 is 14.9 Å². The topological polar surface area (TPSA) is 83.8 Å². The van der Waals surface area contributed by atoms with Crippen molar-refractivity contribution in [2.75, 3.05) is 0 Å². The molecule has 2 radical (unpaired) electrons. The molecule has 0 bridgehead atoms. The molecular formula is C8H12O5Y2-2. The van der Waals surface area contributed by atoms with Crippen LogP contribution in [-0.2, 0) is 79.7 Å². The normalized spacial score (nSPS) is 12.2. The molecule has 0 aliphatic heterocycles. The molecule has 0 heterocycles. The number of carboxylic acids is 1. The van der Waals surface area contributed by atoms with Crippen molar-refractivity contribution in [1.29, 1.82) is 0 Å². The number of carbonyl (C=O) groups excluding carboxylic acids is 1. The van der Waals surface area contributed by atoms with Crippen LogP contribution in [-0.4, -0.2) is 34.4 Å². The summed E-state index contributed by atoms with van der Waals surface area (Å²) in [5.41, 5.74) is 0. The molecule has 82 valence electrons. The van der Waals surface area contributed by atoms with Gasteiger partial charge in [0, 0.05) is 65.4 Å². The van der Waals surface area contributed by atoms with Crippen molar-refractivity contribution >= 4 is 11.9 Å². The summed E-state index contributed by atoms with van der Waals surface area (Å²) in [5.74, 6) is -1.89. The monoisotopic (exact) mass is 366 g/mol. The zero-order valence-corrected chi connectivity index (χ0v) is 14.3. The smallest absolute Gasteiger partial charge is 0.167 e. The summed E-state index contributed by atoms with van der Waals surface area (Å²) >= 11 is 0. The molecule has 0 spiro atoms. The Morgan fingerprint density at radius 3 is 2.00 bits per heavy atom. The van der Waals surface area contributed by atoms with E-state index >= 15 is 0 Å². The minimum absolute atomic E-state index is 0. The summed E-state index contributed by atoms with van der Waals surface area (Å²) in [6, 6.07) is 0. The first kappa shape index (κ1) is 21.2. The fourth-order valence-electron chi connectivity index (χ4n) is 0.654. The number of aliphatic hydroxyl groups excluding tert-OH is 1. The number of carboxylic acid groups (broad SMARTS) is 1. The second-order valence-electron chi connectivity index (χ2n) is 2.55. The molecule has 2 unspecified atom stereocenters. The number of rotatable bonds is 5. The molecule has 0 aliphatic rings. The summed E-state index contributed by atoms with van der Waals surface area (Å²) in [6.07, 6.45) is 0.0875. The van der Waals surface area contributed by atoms with Gasteiger partial charge in [-0.3, -0.25) is 16.0 Å². The van der Waals surface area contributed by atoms with E-state index in [9.17, 15) is 9.59 Å². The van der Waals surface area contributed by atoms with Crippen LogP contribution in [0.2, 0.25) is 0 Å². The Morgan fingerprint density at radius 1 is 1.20 bits per heavy atom. The van der Waals surface area contributed by atoms with E-state index in [1.54, 1.807) is 0 Å². The van der Waals surface area contributed by atoms with Crippen molar-refractivity contribution in [2.45, 2.75) is 26.1 Å². The number of aliphatic hydroxyl groups is 1. The van der Waals surface area contributed by atoms with Crippen LogP contribution in [0.1, 0.15) is 13.8 Å². The standard InChI is InChI=1S/C8H12O5.2Y/c1-5(9)3-8(12)13-6(2)4-7(10)11;;/h3-6,9H,1-2H3,(H,10,11);;/q-2;;. The quantitative estimate of drug-likeness (QED) is 0.520. The van der Waals surface area contributed by atoms with Crippen LogP contribution in [0.25, 0.3) is 0 Å². The summed E-state index contributed by atoms with van der Waals surface area (Å²) in [5, 5.41) is 17.0. The predicted molar refractivity (Wildman–Crippen MR) is 43.5 cm³/mol. The van der Waals surface area contributed by atoms with Gasteiger partial charge in [0.05, 0.1) is 0 Å². The summed E-state index contributed by atoms with van der Waals surface area (Å²) < 4.78 is 4.58. The zero-order chi connectivity index (χ0) is 10.4.